The lowest BCUT2D eigenvalue weighted by molar-refractivity contribution is 0.0681. The Morgan fingerprint density at radius 2 is 2.18 bits per heavy atom. The Kier molecular flexibility index (Phi) is 2.65. The molecule has 1 aliphatic heterocycles. The molecule has 0 bridgehead atoms. The molecule has 3 unspecified atom stereocenters. The molecule has 3 nitrogen and oxygen atoms in total. The molecule has 0 aliphatic carbocycles. The standard InChI is InChI=1S/C14H16O3/c1-9-6-11(8-16-9)14(15)13-7-10-4-2-3-5-12(10)17-13/h2-5,7,9,11,14-15H,6,8H2,1H3. The van der Waals surface area contributed by atoms with Crippen molar-refractivity contribution in [1.29, 1.82) is 0 Å². The monoisotopic (exact) mass is 232 g/mol. The number of hydrogen-bond donors (Lipinski definition) is 1. The summed E-state index contributed by atoms with van der Waals surface area (Å²) in [6, 6.07) is 9.72. The second-order valence-electron chi connectivity index (χ2n) is 4.77. The maximum atomic E-state index is 10.3. The minimum atomic E-state index is -0.563. The van der Waals surface area contributed by atoms with Crippen molar-refractivity contribution in [3.63, 3.8) is 0 Å². The van der Waals surface area contributed by atoms with E-state index in [1.54, 1.807) is 0 Å². The van der Waals surface area contributed by atoms with E-state index in [1.807, 2.05) is 37.3 Å². The van der Waals surface area contributed by atoms with Crippen LogP contribution in [0.3, 0.4) is 0 Å². The number of ether oxygens (including phenoxy) is 1. The molecule has 90 valence electrons. The highest BCUT2D eigenvalue weighted by Gasteiger charge is 2.31. The maximum Gasteiger partial charge on any atom is 0.134 e. The predicted molar refractivity (Wildman–Crippen MR) is 64.7 cm³/mol. The zero-order chi connectivity index (χ0) is 11.8. The van der Waals surface area contributed by atoms with E-state index in [1.165, 1.54) is 0 Å². The van der Waals surface area contributed by atoms with Crippen LogP contribution in [0.4, 0.5) is 0 Å². The highest BCUT2D eigenvalue weighted by molar-refractivity contribution is 5.77. The summed E-state index contributed by atoms with van der Waals surface area (Å²) in [6.07, 6.45) is 0.560. The summed E-state index contributed by atoms with van der Waals surface area (Å²) in [5, 5.41) is 11.3. The molecule has 0 amide bonds. The molecule has 2 heterocycles. The first-order chi connectivity index (χ1) is 8.24. The highest BCUT2D eigenvalue weighted by atomic mass is 16.5. The van der Waals surface area contributed by atoms with E-state index in [4.69, 9.17) is 9.15 Å². The summed E-state index contributed by atoms with van der Waals surface area (Å²) in [6.45, 7) is 2.64. The number of rotatable bonds is 2. The fraction of sp³-hybridized carbons (Fsp3) is 0.429. The molecule has 3 atom stereocenters. The number of benzene rings is 1. The number of para-hydroxylation sites is 1. The van der Waals surface area contributed by atoms with Crippen LogP contribution in [0.25, 0.3) is 11.0 Å². The fourth-order valence-corrected chi connectivity index (χ4v) is 2.45. The van der Waals surface area contributed by atoms with Gasteiger partial charge >= 0.3 is 0 Å². The topological polar surface area (TPSA) is 42.6 Å². The normalized spacial score (nSPS) is 26.5. The third-order valence-corrected chi connectivity index (χ3v) is 3.41. The highest BCUT2D eigenvalue weighted by Crippen LogP contribution is 2.34. The maximum absolute atomic E-state index is 10.3. The minimum Gasteiger partial charge on any atom is -0.458 e. The number of hydrogen-bond acceptors (Lipinski definition) is 3. The molecule has 1 N–H and O–H groups in total. The van der Waals surface area contributed by atoms with Gasteiger partial charge in [-0.2, -0.15) is 0 Å². The summed E-state index contributed by atoms with van der Waals surface area (Å²) in [5.74, 6) is 0.791. The summed E-state index contributed by atoms with van der Waals surface area (Å²) >= 11 is 0. The first-order valence-corrected chi connectivity index (χ1v) is 6.02. The van der Waals surface area contributed by atoms with Crippen LogP contribution in [0.2, 0.25) is 0 Å². The SMILES string of the molecule is CC1CC(C(O)c2cc3ccccc3o2)CO1. The Morgan fingerprint density at radius 3 is 2.88 bits per heavy atom. The average molecular weight is 232 g/mol. The number of aliphatic hydroxyl groups excluding tert-OH is 1. The van der Waals surface area contributed by atoms with E-state index in [2.05, 4.69) is 0 Å². The molecule has 1 aromatic carbocycles. The fourth-order valence-electron chi connectivity index (χ4n) is 2.45. The molecule has 2 aromatic rings. The van der Waals surface area contributed by atoms with E-state index in [9.17, 15) is 5.11 Å². The molecule has 1 saturated heterocycles. The lowest BCUT2D eigenvalue weighted by Gasteiger charge is -2.13. The van der Waals surface area contributed by atoms with Gasteiger partial charge in [0.05, 0.1) is 12.7 Å². The lowest BCUT2D eigenvalue weighted by Crippen LogP contribution is -2.11. The molecule has 3 heteroatoms. The third kappa shape index (κ3) is 1.96. The van der Waals surface area contributed by atoms with Crippen molar-refractivity contribution in [2.45, 2.75) is 25.6 Å². The van der Waals surface area contributed by atoms with Crippen LogP contribution in [0.5, 0.6) is 0 Å². The van der Waals surface area contributed by atoms with Crippen molar-refractivity contribution in [2.24, 2.45) is 5.92 Å². The van der Waals surface area contributed by atoms with Crippen LogP contribution in [-0.2, 0) is 4.74 Å². The summed E-state index contributed by atoms with van der Waals surface area (Å²) in [7, 11) is 0. The van der Waals surface area contributed by atoms with Gasteiger partial charge < -0.3 is 14.3 Å². The van der Waals surface area contributed by atoms with Gasteiger partial charge in [-0.15, -0.1) is 0 Å². The number of aliphatic hydroxyl groups is 1. The molecule has 0 saturated carbocycles. The summed E-state index contributed by atoms with van der Waals surface area (Å²) in [5.41, 5.74) is 0.827. The van der Waals surface area contributed by atoms with Crippen LogP contribution >= 0.6 is 0 Å². The van der Waals surface area contributed by atoms with Gasteiger partial charge in [-0.25, -0.2) is 0 Å². The number of furan rings is 1. The Balaban J connectivity index is 1.87. The van der Waals surface area contributed by atoms with E-state index in [0.29, 0.717) is 12.4 Å². The van der Waals surface area contributed by atoms with Gasteiger partial charge in [0.1, 0.15) is 17.4 Å². The molecule has 1 fully saturated rings. The van der Waals surface area contributed by atoms with Crippen LogP contribution in [0, 0.1) is 5.92 Å². The molecule has 1 aliphatic rings. The Hall–Kier alpha value is -1.32. The molecule has 17 heavy (non-hydrogen) atoms. The Morgan fingerprint density at radius 1 is 1.35 bits per heavy atom. The van der Waals surface area contributed by atoms with Crippen molar-refractivity contribution in [1.82, 2.24) is 0 Å². The van der Waals surface area contributed by atoms with Crippen molar-refractivity contribution in [3.8, 4) is 0 Å². The molecule has 1 aromatic heterocycles. The summed E-state index contributed by atoms with van der Waals surface area (Å²) in [4.78, 5) is 0. The molecule has 3 rings (SSSR count). The van der Waals surface area contributed by atoms with Crippen molar-refractivity contribution >= 4 is 11.0 Å². The third-order valence-electron chi connectivity index (χ3n) is 3.41. The zero-order valence-electron chi connectivity index (χ0n) is 9.80. The van der Waals surface area contributed by atoms with Gasteiger partial charge in [0.25, 0.3) is 0 Å². The van der Waals surface area contributed by atoms with Crippen LogP contribution in [-0.4, -0.2) is 17.8 Å². The van der Waals surface area contributed by atoms with E-state index < -0.39 is 6.10 Å². The van der Waals surface area contributed by atoms with Gasteiger partial charge in [-0.05, 0) is 25.5 Å². The minimum absolute atomic E-state index is 0.144. The second-order valence-corrected chi connectivity index (χ2v) is 4.77. The lowest BCUT2D eigenvalue weighted by atomic mass is 9.97. The largest absolute Gasteiger partial charge is 0.458 e. The van der Waals surface area contributed by atoms with Crippen LogP contribution in [0.1, 0.15) is 25.2 Å². The zero-order valence-corrected chi connectivity index (χ0v) is 9.80. The predicted octanol–water partition coefficient (Wildman–Crippen LogP) is 2.89. The molecular weight excluding hydrogens is 216 g/mol. The summed E-state index contributed by atoms with van der Waals surface area (Å²) < 4.78 is 11.2. The quantitative estimate of drug-likeness (QED) is 0.865. The first-order valence-electron chi connectivity index (χ1n) is 6.02. The van der Waals surface area contributed by atoms with Crippen molar-refractivity contribution < 1.29 is 14.3 Å². The van der Waals surface area contributed by atoms with Crippen molar-refractivity contribution in [2.75, 3.05) is 6.61 Å². The Labute approximate surface area is 100.0 Å². The van der Waals surface area contributed by atoms with Gasteiger partial charge in [0, 0.05) is 11.3 Å². The number of fused-ring (bicyclic) bond motifs is 1. The van der Waals surface area contributed by atoms with Crippen LogP contribution < -0.4 is 0 Å². The van der Waals surface area contributed by atoms with Crippen LogP contribution in [0.15, 0.2) is 34.7 Å². The molecular formula is C14H16O3. The van der Waals surface area contributed by atoms with E-state index >= 15 is 0 Å². The van der Waals surface area contributed by atoms with Gasteiger partial charge in [0.15, 0.2) is 0 Å². The van der Waals surface area contributed by atoms with E-state index in [-0.39, 0.29) is 12.0 Å². The van der Waals surface area contributed by atoms with Gasteiger partial charge in [-0.1, -0.05) is 18.2 Å². The van der Waals surface area contributed by atoms with Gasteiger partial charge in [0.2, 0.25) is 0 Å². The second kappa shape index (κ2) is 4.17. The molecule has 0 radical (unpaired) electrons. The van der Waals surface area contributed by atoms with E-state index in [0.717, 1.165) is 17.4 Å². The molecule has 0 spiro atoms. The first kappa shape index (κ1) is 10.8. The average Bonchev–Trinajstić information content (AvgIpc) is 2.93. The Bertz CT molecular complexity index is 484. The smallest absolute Gasteiger partial charge is 0.134 e. The van der Waals surface area contributed by atoms with Crippen molar-refractivity contribution in [3.05, 3.63) is 36.1 Å². The van der Waals surface area contributed by atoms with Gasteiger partial charge in [-0.3, -0.25) is 0 Å².